The van der Waals surface area contributed by atoms with Gasteiger partial charge in [-0.25, -0.2) is 9.37 Å². The van der Waals surface area contributed by atoms with E-state index in [2.05, 4.69) is 21.8 Å². The summed E-state index contributed by atoms with van der Waals surface area (Å²) in [5.41, 5.74) is 2.59. The molecule has 23 heavy (non-hydrogen) atoms. The van der Waals surface area contributed by atoms with Crippen molar-refractivity contribution < 1.29 is 9.18 Å². The number of benzene rings is 1. The maximum absolute atomic E-state index is 15.1. The molecule has 0 atom stereocenters. The number of anilines is 1. The fourth-order valence-electron chi connectivity index (χ4n) is 3.02. The minimum absolute atomic E-state index is 0.298. The molecule has 3 aromatic rings. The van der Waals surface area contributed by atoms with Crippen LogP contribution in [-0.2, 0) is 11.2 Å². The van der Waals surface area contributed by atoms with Crippen LogP contribution < -0.4 is 4.90 Å². The van der Waals surface area contributed by atoms with E-state index >= 15 is 4.39 Å². The van der Waals surface area contributed by atoms with Gasteiger partial charge in [-0.05, 0) is 36.3 Å². The largest absolute Gasteiger partial charge is 0.305 e. The first-order valence-corrected chi connectivity index (χ1v) is 7.25. The Morgan fingerprint density at radius 2 is 2.26 bits per heavy atom. The maximum atomic E-state index is 15.1. The average Bonchev–Trinajstić information content (AvgIpc) is 3.19. The third-order valence-electron chi connectivity index (χ3n) is 4.11. The number of fused-ring (bicyclic) bond motifs is 2. The van der Waals surface area contributed by atoms with Crippen LogP contribution in [0.15, 0.2) is 43.1 Å². The fourth-order valence-corrected chi connectivity index (χ4v) is 3.02. The van der Waals surface area contributed by atoms with Gasteiger partial charge in [0.05, 0.1) is 5.69 Å². The van der Waals surface area contributed by atoms with E-state index in [1.165, 1.54) is 11.0 Å². The smallest absolute Gasteiger partial charge is 0.250 e. The third kappa shape index (κ3) is 1.95. The van der Waals surface area contributed by atoms with E-state index in [4.69, 9.17) is 0 Å². The molecule has 0 aliphatic carbocycles. The van der Waals surface area contributed by atoms with Gasteiger partial charge in [-0.1, -0.05) is 12.6 Å². The number of amides is 1. The van der Waals surface area contributed by atoms with Crippen molar-refractivity contribution >= 4 is 22.6 Å². The van der Waals surface area contributed by atoms with Crippen molar-refractivity contribution in [1.29, 1.82) is 0 Å². The van der Waals surface area contributed by atoms with Gasteiger partial charge in [0.2, 0.25) is 5.91 Å². The zero-order chi connectivity index (χ0) is 16.0. The molecule has 1 aromatic carbocycles. The molecule has 0 radical (unpaired) electrons. The first-order valence-electron chi connectivity index (χ1n) is 7.25. The van der Waals surface area contributed by atoms with Crippen molar-refractivity contribution in [3.8, 4) is 11.3 Å². The Labute approximate surface area is 131 Å². The van der Waals surface area contributed by atoms with Gasteiger partial charge in [0.15, 0.2) is 11.5 Å². The zero-order valence-electron chi connectivity index (χ0n) is 12.2. The van der Waals surface area contributed by atoms with Gasteiger partial charge in [-0.3, -0.25) is 9.89 Å². The maximum Gasteiger partial charge on any atom is 0.250 e. The highest BCUT2D eigenvalue weighted by Crippen LogP contribution is 2.38. The first-order chi connectivity index (χ1) is 11.2. The lowest BCUT2D eigenvalue weighted by atomic mass is 10.0. The molecule has 0 spiro atoms. The van der Waals surface area contributed by atoms with E-state index < -0.39 is 5.82 Å². The highest BCUT2D eigenvalue weighted by molar-refractivity contribution is 6.03. The summed E-state index contributed by atoms with van der Waals surface area (Å²) in [4.78, 5) is 17.5. The second kappa shape index (κ2) is 5.01. The van der Waals surface area contributed by atoms with Crippen molar-refractivity contribution in [1.82, 2.24) is 15.2 Å². The molecule has 114 valence electrons. The lowest BCUT2D eigenvalue weighted by Crippen LogP contribution is -2.27. The normalized spacial score (nSPS) is 13.3. The van der Waals surface area contributed by atoms with Gasteiger partial charge >= 0.3 is 0 Å². The summed E-state index contributed by atoms with van der Waals surface area (Å²) in [7, 11) is 0. The molecule has 1 amide bonds. The van der Waals surface area contributed by atoms with Crippen LogP contribution in [0, 0.1) is 5.82 Å². The van der Waals surface area contributed by atoms with Crippen LogP contribution in [0.2, 0.25) is 0 Å². The Morgan fingerprint density at radius 3 is 3.09 bits per heavy atom. The highest BCUT2D eigenvalue weighted by atomic mass is 19.1. The molecule has 2 aromatic heterocycles. The summed E-state index contributed by atoms with van der Waals surface area (Å²) in [5, 5.41) is 7.73. The number of aromatic nitrogens is 3. The fraction of sp³-hybridized carbons (Fsp3) is 0.118. The van der Waals surface area contributed by atoms with Crippen LogP contribution in [0.3, 0.4) is 0 Å². The molecule has 0 bridgehead atoms. The molecule has 5 nitrogen and oxygen atoms in total. The number of pyridine rings is 1. The summed E-state index contributed by atoms with van der Waals surface area (Å²) >= 11 is 0. The van der Waals surface area contributed by atoms with Gasteiger partial charge in [0.1, 0.15) is 5.69 Å². The number of carbonyl (C=O) groups is 1. The van der Waals surface area contributed by atoms with E-state index in [1.54, 1.807) is 18.3 Å². The number of rotatable bonds is 2. The average molecular weight is 308 g/mol. The van der Waals surface area contributed by atoms with Crippen molar-refractivity contribution in [3.63, 3.8) is 0 Å². The monoisotopic (exact) mass is 308 g/mol. The van der Waals surface area contributed by atoms with Gasteiger partial charge in [0.25, 0.3) is 0 Å². The third-order valence-corrected chi connectivity index (χ3v) is 4.11. The molecule has 0 saturated carbocycles. The van der Waals surface area contributed by atoms with Crippen LogP contribution in [0.25, 0.3) is 22.3 Å². The SMILES string of the molecule is C=CC(=O)N1CCc2ccc(-c3n[nH]c4ncccc34)c(F)c21. The molecule has 0 fully saturated rings. The number of nitrogens with zero attached hydrogens (tertiary/aromatic N) is 3. The summed E-state index contributed by atoms with van der Waals surface area (Å²) in [5.74, 6) is -0.735. The highest BCUT2D eigenvalue weighted by Gasteiger charge is 2.29. The lowest BCUT2D eigenvalue weighted by molar-refractivity contribution is -0.114. The molecular formula is C17H13FN4O. The van der Waals surface area contributed by atoms with Crippen molar-refractivity contribution in [2.45, 2.75) is 6.42 Å². The van der Waals surface area contributed by atoms with Crippen LogP contribution in [-0.4, -0.2) is 27.6 Å². The second-order valence-electron chi connectivity index (χ2n) is 5.35. The minimum Gasteiger partial charge on any atom is -0.305 e. The molecule has 1 N–H and O–H groups in total. The van der Waals surface area contributed by atoms with Crippen LogP contribution >= 0.6 is 0 Å². The molecule has 4 rings (SSSR count). The van der Waals surface area contributed by atoms with Gasteiger partial charge < -0.3 is 4.90 Å². The van der Waals surface area contributed by atoms with Crippen molar-refractivity contribution in [3.05, 3.63) is 54.5 Å². The Bertz CT molecular complexity index is 947. The summed E-state index contributed by atoms with van der Waals surface area (Å²) in [6, 6.07) is 7.17. The van der Waals surface area contributed by atoms with Crippen molar-refractivity contribution in [2.24, 2.45) is 0 Å². The van der Waals surface area contributed by atoms with E-state index in [0.717, 1.165) is 10.9 Å². The number of H-pyrrole nitrogens is 1. The molecule has 0 unspecified atom stereocenters. The molecule has 3 heterocycles. The second-order valence-corrected chi connectivity index (χ2v) is 5.35. The molecule has 1 aliphatic heterocycles. The number of hydrogen-bond donors (Lipinski definition) is 1. The summed E-state index contributed by atoms with van der Waals surface area (Å²) < 4.78 is 15.1. The molecule has 0 saturated heterocycles. The molecular weight excluding hydrogens is 295 g/mol. The topological polar surface area (TPSA) is 61.9 Å². The van der Waals surface area contributed by atoms with Gasteiger partial charge in [-0.15, -0.1) is 0 Å². The Hall–Kier alpha value is -3.02. The van der Waals surface area contributed by atoms with Gasteiger partial charge in [-0.2, -0.15) is 5.10 Å². The van der Waals surface area contributed by atoms with Crippen molar-refractivity contribution in [2.75, 3.05) is 11.4 Å². The Balaban J connectivity index is 1.92. The number of hydrogen-bond acceptors (Lipinski definition) is 3. The predicted octanol–water partition coefficient (Wildman–Crippen LogP) is 2.84. The number of halogens is 1. The first kappa shape index (κ1) is 13.6. The van der Waals surface area contributed by atoms with E-state index in [1.807, 2.05) is 12.1 Å². The Morgan fingerprint density at radius 1 is 1.39 bits per heavy atom. The van der Waals surface area contributed by atoms with E-state index in [-0.39, 0.29) is 5.91 Å². The minimum atomic E-state index is -0.438. The molecule has 6 heteroatoms. The number of nitrogens with one attached hydrogen (secondary N) is 1. The van der Waals surface area contributed by atoms with Crippen LogP contribution in [0.1, 0.15) is 5.56 Å². The standard InChI is InChI=1S/C17H13FN4O/c1-2-13(23)22-9-7-10-5-6-11(14(18)16(10)22)15-12-4-3-8-19-17(12)21-20-15/h2-6,8H,1,7,9H2,(H,19,20,21). The van der Waals surface area contributed by atoms with Crippen LogP contribution in [0.5, 0.6) is 0 Å². The lowest BCUT2D eigenvalue weighted by Gasteiger charge is -2.17. The van der Waals surface area contributed by atoms with Gasteiger partial charge in [0, 0.05) is 23.7 Å². The Kier molecular flexibility index (Phi) is 2.97. The predicted molar refractivity (Wildman–Crippen MR) is 85.5 cm³/mol. The number of aromatic amines is 1. The van der Waals surface area contributed by atoms with E-state index in [0.29, 0.717) is 35.6 Å². The quantitative estimate of drug-likeness (QED) is 0.741. The zero-order valence-corrected chi connectivity index (χ0v) is 12.2. The van der Waals surface area contributed by atoms with Crippen LogP contribution in [0.4, 0.5) is 10.1 Å². The van der Waals surface area contributed by atoms with E-state index in [9.17, 15) is 4.79 Å². The number of carbonyl (C=O) groups excluding carboxylic acids is 1. The molecule has 1 aliphatic rings. The summed E-state index contributed by atoms with van der Waals surface area (Å²) in [6.45, 7) is 3.94. The summed E-state index contributed by atoms with van der Waals surface area (Å²) in [6.07, 6.45) is 3.48.